The monoisotopic (exact) mass is 316 g/mol. The molecule has 118 valence electrons. The molecule has 3 aromatic carbocycles. The van der Waals surface area contributed by atoms with Crippen molar-refractivity contribution in [2.45, 2.75) is 0 Å². The average molecular weight is 316 g/mol. The Balaban J connectivity index is 1.74. The lowest BCUT2D eigenvalue weighted by atomic mass is 10.1. The summed E-state index contributed by atoms with van der Waals surface area (Å²) in [5, 5.41) is 18.5. The Labute approximate surface area is 140 Å². The summed E-state index contributed by atoms with van der Waals surface area (Å²) in [6, 6.07) is 21.3. The van der Waals surface area contributed by atoms with Crippen molar-refractivity contribution >= 4 is 23.8 Å². The fraction of sp³-hybridized carbons (Fsp3) is 0. The average Bonchev–Trinajstić information content (AvgIpc) is 2.61. The molecule has 0 saturated heterocycles. The minimum absolute atomic E-state index is 0.224. The Kier molecular flexibility index (Phi) is 4.68. The van der Waals surface area contributed by atoms with Gasteiger partial charge in [-0.1, -0.05) is 18.2 Å². The summed E-state index contributed by atoms with van der Waals surface area (Å²) >= 11 is 0. The van der Waals surface area contributed by atoms with Gasteiger partial charge in [-0.05, 0) is 65.7 Å². The first-order valence-electron chi connectivity index (χ1n) is 7.45. The van der Waals surface area contributed by atoms with Gasteiger partial charge in [0.15, 0.2) is 0 Å². The first kappa shape index (κ1) is 15.5. The second-order valence-electron chi connectivity index (χ2n) is 5.22. The van der Waals surface area contributed by atoms with Crippen molar-refractivity contribution < 1.29 is 10.2 Å². The number of rotatable bonds is 4. The fourth-order valence-corrected chi connectivity index (χ4v) is 2.10. The van der Waals surface area contributed by atoms with Gasteiger partial charge in [-0.3, -0.25) is 9.98 Å². The van der Waals surface area contributed by atoms with E-state index in [2.05, 4.69) is 9.98 Å². The van der Waals surface area contributed by atoms with Crippen molar-refractivity contribution in [3.05, 3.63) is 83.9 Å². The number of phenolic OH excluding ortho intramolecular Hbond substituents is 2. The highest BCUT2D eigenvalue weighted by molar-refractivity contribution is 5.88. The quantitative estimate of drug-likeness (QED) is 0.691. The largest absolute Gasteiger partial charge is 0.508 e. The smallest absolute Gasteiger partial charge is 0.115 e. The molecule has 2 N–H and O–H groups in total. The highest BCUT2D eigenvalue weighted by Crippen LogP contribution is 2.18. The van der Waals surface area contributed by atoms with Crippen LogP contribution in [0.1, 0.15) is 11.1 Å². The van der Waals surface area contributed by atoms with Crippen LogP contribution in [0, 0.1) is 0 Å². The predicted octanol–water partition coefficient (Wildman–Crippen LogP) is 4.60. The van der Waals surface area contributed by atoms with Crippen LogP contribution in [0.2, 0.25) is 0 Å². The number of phenols is 2. The van der Waals surface area contributed by atoms with E-state index in [1.165, 1.54) is 0 Å². The highest BCUT2D eigenvalue weighted by atomic mass is 16.3. The molecule has 0 aliphatic heterocycles. The molecule has 3 rings (SSSR count). The van der Waals surface area contributed by atoms with Gasteiger partial charge in [-0.15, -0.1) is 0 Å². The van der Waals surface area contributed by atoms with E-state index in [1.807, 2.05) is 24.3 Å². The normalized spacial score (nSPS) is 11.3. The minimum Gasteiger partial charge on any atom is -0.508 e. The number of benzene rings is 3. The van der Waals surface area contributed by atoms with Crippen LogP contribution in [0.25, 0.3) is 0 Å². The van der Waals surface area contributed by atoms with E-state index in [-0.39, 0.29) is 11.5 Å². The third-order valence-corrected chi connectivity index (χ3v) is 3.34. The summed E-state index contributed by atoms with van der Waals surface area (Å²) in [5.74, 6) is 0.447. The topological polar surface area (TPSA) is 65.2 Å². The summed E-state index contributed by atoms with van der Waals surface area (Å²) in [4.78, 5) is 8.76. The Morgan fingerprint density at radius 3 is 1.42 bits per heavy atom. The number of hydrogen-bond donors (Lipinski definition) is 2. The molecule has 3 aromatic rings. The molecular weight excluding hydrogens is 300 g/mol. The van der Waals surface area contributed by atoms with Crippen molar-refractivity contribution in [1.82, 2.24) is 0 Å². The maximum absolute atomic E-state index is 9.27. The molecule has 4 heteroatoms. The molecule has 4 nitrogen and oxygen atoms in total. The molecule has 0 aliphatic rings. The van der Waals surface area contributed by atoms with Crippen molar-refractivity contribution in [3.63, 3.8) is 0 Å². The zero-order valence-corrected chi connectivity index (χ0v) is 12.9. The third-order valence-electron chi connectivity index (χ3n) is 3.34. The highest BCUT2D eigenvalue weighted by Gasteiger charge is 1.94. The van der Waals surface area contributed by atoms with Gasteiger partial charge in [-0.25, -0.2) is 0 Å². The molecular formula is C20H16N2O2. The molecule has 0 heterocycles. The second-order valence-corrected chi connectivity index (χ2v) is 5.22. The van der Waals surface area contributed by atoms with Crippen LogP contribution in [0.15, 0.2) is 82.8 Å². The molecule has 0 amide bonds. The van der Waals surface area contributed by atoms with Crippen LogP contribution in [0.5, 0.6) is 11.5 Å². The molecule has 0 spiro atoms. The van der Waals surface area contributed by atoms with E-state index in [0.29, 0.717) is 0 Å². The number of nitrogens with zero attached hydrogens (tertiary/aromatic N) is 2. The lowest BCUT2D eigenvalue weighted by Gasteiger charge is -1.98. The van der Waals surface area contributed by atoms with E-state index in [1.54, 1.807) is 61.0 Å². The Bertz CT molecular complexity index is 796. The van der Waals surface area contributed by atoms with Crippen LogP contribution in [0.4, 0.5) is 11.4 Å². The fourth-order valence-electron chi connectivity index (χ4n) is 2.10. The van der Waals surface area contributed by atoms with Gasteiger partial charge in [0.1, 0.15) is 11.5 Å². The van der Waals surface area contributed by atoms with E-state index < -0.39 is 0 Å². The molecule has 24 heavy (non-hydrogen) atoms. The van der Waals surface area contributed by atoms with Crippen molar-refractivity contribution in [1.29, 1.82) is 0 Å². The number of aliphatic imine (C=N–C) groups is 2. The SMILES string of the molecule is Oc1ccc(N=Cc2cccc(C=Nc3ccc(O)cc3)c2)cc1. The first-order valence-corrected chi connectivity index (χ1v) is 7.45. The maximum Gasteiger partial charge on any atom is 0.115 e. The van der Waals surface area contributed by atoms with Crippen LogP contribution >= 0.6 is 0 Å². The van der Waals surface area contributed by atoms with Gasteiger partial charge in [0, 0.05) is 12.4 Å². The summed E-state index contributed by atoms with van der Waals surface area (Å²) in [7, 11) is 0. The van der Waals surface area contributed by atoms with E-state index in [9.17, 15) is 10.2 Å². The van der Waals surface area contributed by atoms with Gasteiger partial charge in [-0.2, -0.15) is 0 Å². The number of hydrogen-bond acceptors (Lipinski definition) is 4. The van der Waals surface area contributed by atoms with Crippen LogP contribution in [0.3, 0.4) is 0 Å². The summed E-state index contributed by atoms with van der Waals surface area (Å²) in [5.41, 5.74) is 3.46. The molecule has 0 atom stereocenters. The van der Waals surface area contributed by atoms with E-state index >= 15 is 0 Å². The second kappa shape index (κ2) is 7.24. The molecule has 0 aliphatic carbocycles. The van der Waals surface area contributed by atoms with Crippen LogP contribution < -0.4 is 0 Å². The van der Waals surface area contributed by atoms with Gasteiger partial charge >= 0.3 is 0 Å². The van der Waals surface area contributed by atoms with Gasteiger partial charge in [0.25, 0.3) is 0 Å². The lowest BCUT2D eigenvalue weighted by Crippen LogP contribution is -1.85. The zero-order valence-electron chi connectivity index (χ0n) is 12.9. The van der Waals surface area contributed by atoms with Crippen molar-refractivity contribution in [2.24, 2.45) is 9.98 Å². The summed E-state index contributed by atoms with van der Waals surface area (Å²) in [6.07, 6.45) is 3.54. The molecule has 0 aromatic heterocycles. The van der Waals surface area contributed by atoms with Crippen LogP contribution in [-0.4, -0.2) is 22.6 Å². The maximum atomic E-state index is 9.27. The molecule has 0 bridgehead atoms. The standard InChI is InChI=1S/C20H16N2O2/c23-19-8-4-17(5-9-19)21-13-15-2-1-3-16(12-15)14-22-18-6-10-20(24)11-7-18/h1-14,23-24H. The van der Waals surface area contributed by atoms with Crippen molar-refractivity contribution in [2.75, 3.05) is 0 Å². The third kappa shape index (κ3) is 4.30. The Morgan fingerprint density at radius 1 is 0.583 bits per heavy atom. The molecule has 0 saturated carbocycles. The van der Waals surface area contributed by atoms with Crippen LogP contribution in [-0.2, 0) is 0 Å². The Morgan fingerprint density at radius 2 is 1.00 bits per heavy atom. The molecule has 0 unspecified atom stereocenters. The predicted molar refractivity (Wildman–Crippen MR) is 97.2 cm³/mol. The summed E-state index contributed by atoms with van der Waals surface area (Å²) < 4.78 is 0. The zero-order chi connectivity index (χ0) is 16.8. The van der Waals surface area contributed by atoms with E-state index in [0.717, 1.165) is 22.5 Å². The van der Waals surface area contributed by atoms with E-state index in [4.69, 9.17) is 0 Å². The van der Waals surface area contributed by atoms with Crippen molar-refractivity contribution in [3.8, 4) is 11.5 Å². The molecule has 0 fully saturated rings. The van der Waals surface area contributed by atoms with Gasteiger partial charge < -0.3 is 10.2 Å². The summed E-state index contributed by atoms with van der Waals surface area (Å²) in [6.45, 7) is 0. The molecule has 0 radical (unpaired) electrons. The van der Waals surface area contributed by atoms with Gasteiger partial charge in [0.2, 0.25) is 0 Å². The Hall–Kier alpha value is -3.40. The first-order chi connectivity index (χ1) is 11.7. The van der Waals surface area contributed by atoms with Gasteiger partial charge in [0.05, 0.1) is 11.4 Å². The lowest BCUT2D eigenvalue weighted by molar-refractivity contribution is 0.475. The number of aromatic hydroxyl groups is 2. The minimum atomic E-state index is 0.224.